The lowest BCUT2D eigenvalue weighted by Gasteiger charge is -2.28. The van der Waals surface area contributed by atoms with Gasteiger partial charge in [0.15, 0.2) is 0 Å². The molecule has 1 aliphatic rings. The molecule has 0 radical (unpaired) electrons. The summed E-state index contributed by atoms with van der Waals surface area (Å²) in [6.07, 6.45) is 0.309. The zero-order valence-corrected chi connectivity index (χ0v) is 19.5. The van der Waals surface area contributed by atoms with Gasteiger partial charge in [0.25, 0.3) is 0 Å². The normalized spacial score (nSPS) is 17.0. The van der Waals surface area contributed by atoms with E-state index >= 15 is 0 Å². The molecule has 32 heavy (non-hydrogen) atoms. The predicted octanol–water partition coefficient (Wildman–Crippen LogP) is 3.06. The predicted molar refractivity (Wildman–Crippen MR) is 116 cm³/mol. The fourth-order valence-electron chi connectivity index (χ4n) is 3.33. The molecule has 2 amide bonds. The zero-order valence-electron chi connectivity index (χ0n) is 18.7. The molecule has 1 saturated heterocycles. The van der Waals surface area contributed by atoms with Crippen molar-refractivity contribution in [3.8, 4) is 0 Å². The maximum atomic E-state index is 13.2. The summed E-state index contributed by atoms with van der Waals surface area (Å²) in [6, 6.07) is 8.29. The number of benzene rings is 1. The van der Waals surface area contributed by atoms with E-state index in [1.54, 1.807) is 20.8 Å². The number of amides is 2. The van der Waals surface area contributed by atoms with Crippen molar-refractivity contribution in [2.75, 3.05) is 26.4 Å². The van der Waals surface area contributed by atoms with Crippen molar-refractivity contribution in [3.05, 3.63) is 35.9 Å². The maximum Gasteiger partial charge on any atom is 0.410 e. The van der Waals surface area contributed by atoms with Gasteiger partial charge in [0, 0.05) is 6.54 Å². The van der Waals surface area contributed by atoms with Crippen molar-refractivity contribution >= 4 is 25.6 Å². The third-order valence-corrected chi connectivity index (χ3v) is 6.93. The Bertz CT molecular complexity index is 809. The number of esters is 1. The van der Waals surface area contributed by atoms with E-state index in [1.807, 2.05) is 30.3 Å². The van der Waals surface area contributed by atoms with Gasteiger partial charge in [0.2, 0.25) is 11.7 Å². The van der Waals surface area contributed by atoms with Crippen LogP contribution in [0.1, 0.15) is 39.2 Å². The van der Waals surface area contributed by atoms with Crippen molar-refractivity contribution in [1.82, 2.24) is 10.2 Å². The minimum atomic E-state index is -4.05. The van der Waals surface area contributed by atoms with Crippen molar-refractivity contribution < 1.29 is 37.5 Å². The monoisotopic (exact) mass is 470 g/mol. The summed E-state index contributed by atoms with van der Waals surface area (Å²) in [5, 5.41) is 2.44. The lowest BCUT2D eigenvalue weighted by atomic mass is 10.2. The van der Waals surface area contributed by atoms with Crippen molar-refractivity contribution in [2.24, 2.45) is 0 Å². The molecule has 10 nitrogen and oxygen atoms in total. The summed E-state index contributed by atoms with van der Waals surface area (Å²) in [7, 11) is -4.05. The first-order valence-corrected chi connectivity index (χ1v) is 12.3. The number of carbonyl (C=O) groups excluding carboxylic acids is 3. The van der Waals surface area contributed by atoms with E-state index in [2.05, 4.69) is 5.32 Å². The molecule has 1 fully saturated rings. The highest BCUT2D eigenvalue weighted by molar-refractivity contribution is 7.55. The summed E-state index contributed by atoms with van der Waals surface area (Å²) in [6.45, 7) is 5.20. The van der Waals surface area contributed by atoms with Crippen LogP contribution in [-0.4, -0.2) is 61.1 Å². The van der Waals surface area contributed by atoms with Gasteiger partial charge < -0.3 is 23.8 Å². The SMILES string of the molecule is CCOC(=O)C(NC(=O)[C@@H]1CCCN1C(=O)OCc1ccccc1)P(=O)(OCC)OCC. The second-order valence-electron chi connectivity index (χ2n) is 6.93. The molecule has 1 N–H and O–H groups in total. The number of nitrogens with zero attached hydrogens (tertiary/aromatic N) is 1. The minimum absolute atomic E-state index is 0.00438. The number of likely N-dealkylation sites (tertiary alicyclic amines) is 1. The zero-order chi connectivity index (χ0) is 23.6. The van der Waals surface area contributed by atoms with Crippen LogP contribution in [0.25, 0.3) is 0 Å². The first-order chi connectivity index (χ1) is 15.4. The lowest BCUT2D eigenvalue weighted by molar-refractivity contribution is -0.145. The van der Waals surface area contributed by atoms with Gasteiger partial charge in [-0.25, -0.2) is 9.59 Å². The molecular weight excluding hydrogens is 439 g/mol. The van der Waals surface area contributed by atoms with Crippen LogP contribution in [0.4, 0.5) is 4.79 Å². The van der Waals surface area contributed by atoms with Crippen molar-refractivity contribution in [1.29, 1.82) is 0 Å². The molecule has 2 atom stereocenters. The molecular formula is C21H31N2O8P. The summed E-state index contributed by atoms with van der Waals surface area (Å²) in [4.78, 5) is 39.4. The van der Waals surface area contributed by atoms with Crippen LogP contribution < -0.4 is 5.32 Å². The van der Waals surface area contributed by atoms with Crippen LogP contribution in [0.5, 0.6) is 0 Å². The van der Waals surface area contributed by atoms with E-state index in [1.165, 1.54) is 4.90 Å². The van der Waals surface area contributed by atoms with Gasteiger partial charge in [-0.15, -0.1) is 0 Å². The highest BCUT2D eigenvalue weighted by Gasteiger charge is 2.46. The molecule has 0 bridgehead atoms. The molecule has 1 aromatic rings. The fourth-order valence-corrected chi connectivity index (χ4v) is 5.04. The summed E-state index contributed by atoms with van der Waals surface area (Å²) in [5.41, 5.74) is 0.817. The molecule has 1 aliphatic heterocycles. The average Bonchev–Trinajstić information content (AvgIpc) is 3.27. The molecule has 0 saturated carbocycles. The molecule has 0 aromatic heterocycles. The molecule has 178 valence electrons. The Balaban J connectivity index is 2.11. The van der Waals surface area contributed by atoms with Crippen LogP contribution in [0, 0.1) is 0 Å². The number of rotatable bonds is 11. The molecule has 0 aliphatic carbocycles. The molecule has 1 unspecified atom stereocenters. The van der Waals surface area contributed by atoms with Gasteiger partial charge in [-0.05, 0) is 39.2 Å². The molecule has 11 heteroatoms. The van der Waals surface area contributed by atoms with Crippen LogP contribution in [-0.2, 0) is 39.3 Å². The average molecular weight is 470 g/mol. The molecule has 1 aromatic carbocycles. The number of carbonyl (C=O) groups is 3. The Morgan fingerprint density at radius 1 is 1.06 bits per heavy atom. The van der Waals surface area contributed by atoms with Crippen LogP contribution >= 0.6 is 7.60 Å². The van der Waals surface area contributed by atoms with Crippen LogP contribution in [0.3, 0.4) is 0 Å². The van der Waals surface area contributed by atoms with Gasteiger partial charge in [-0.1, -0.05) is 30.3 Å². The van der Waals surface area contributed by atoms with Gasteiger partial charge >= 0.3 is 19.7 Å². The standard InChI is InChI=1S/C21H31N2O8P/c1-4-28-20(25)19(32(27,30-5-2)31-6-3)22-18(24)17-13-10-14-23(17)21(26)29-15-16-11-8-7-9-12-16/h7-9,11-12,17,19H,4-6,10,13-15H2,1-3H3,(H,22,24)/t17-,19?/m0/s1. The number of hydrogen-bond donors (Lipinski definition) is 1. The smallest absolute Gasteiger partial charge is 0.410 e. The van der Waals surface area contributed by atoms with E-state index in [0.29, 0.717) is 19.4 Å². The maximum absolute atomic E-state index is 13.2. The Hall–Kier alpha value is -2.42. The minimum Gasteiger partial charge on any atom is -0.464 e. The Morgan fingerprint density at radius 3 is 2.31 bits per heavy atom. The highest BCUT2D eigenvalue weighted by atomic mass is 31.2. The fraction of sp³-hybridized carbons (Fsp3) is 0.571. The van der Waals surface area contributed by atoms with Gasteiger partial charge in [-0.3, -0.25) is 14.3 Å². The van der Waals surface area contributed by atoms with E-state index in [0.717, 1.165) is 5.56 Å². The van der Waals surface area contributed by atoms with Gasteiger partial charge in [-0.2, -0.15) is 0 Å². The topological polar surface area (TPSA) is 120 Å². The molecule has 0 spiro atoms. The van der Waals surface area contributed by atoms with Crippen LogP contribution in [0.15, 0.2) is 30.3 Å². The number of nitrogens with one attached hydrogen (secondary N) is 1. The Kier molecular flexibility index (Phi) is 10.2. The third-order valence-electron chi connectivity index (χ3n) is 4.72. The summed E-state index contributed by atoms with van der Waals surface area (Å²) < 4.78 is 34.0. The Morgan fingerprint density at radius 2 is 1.72 bits per heavy atom. The second kappa shape index (κ2) is 12.6. The number of ether oxygens (including phenoxy) is 2. The van der Waals surface area contributed by atoms with Gasteiger partial charge in [0.05, 0.1) is 19.8 Å². The first kappa shape index (κ1) is 25.8. The second-order valence-corrected chi connectivity index (χ2v) is 9.04. The van der Waals surface area contributed by atoms with Crippen molar-refractivity contribution in [3.63, 3.8) is 0 Å². The Labute approximate surface area is 188 Å². The first-order valence-electron chi connectivity index (χ1n) is 10.7. The summed E-state index contributed by atoms with van der Waals surface area (Å²) in [5.74, 6) is -3.23. The molecule has 1 heterocycles. The van der Waals surface area contributed by atoms with Gasteiger partial charge in [0.1, 0.15) is 12.6 Å². The van der Waals surface area contributed by atoms with E-state index < -0.39 is 37.4 Å². The molecule has 2 rings (SSSR count). The number of hydrogen-bond acceptors (Lipinski definition) is 8. The summed E-state index contributed by atoms with van der Waals surface area (Å²) >= 11 is 0. The lowest BCUT2D eigenvalue weighted by Crippen LogP contribution is -2.51. The van der Waals surface area contributed by atoms with Crippen LogP contribution in [0.2, 0.25) is 0 Å². The largest absolute Gasteiger partial charge is 0.464 e. The highest BCUT2D eigenvalue weighted by Crippen LogP contribution is 2.52. The van der Waals surface area contributed by atoms with E-state index in [-0.39, 0.29) is 26.4 Å². The quantitative estimate of drug-likeness (QED) is 0.387. The van der Waals surface area contributed by atoms with E-state index in [9.17, 15) is 18.9 Å². The van der Waals surface area contributed by atoms with Crippen molar-refractivity contribution in [2.45, 2.75) is 52.0 Å². The third kappa shape index (κ3) is 6.79. The van der Waals surface area contributed by atoms with E-state index in [4.69, 9.17) is 18.5 Å².